The first-order valence-electron chi connectivity index (χ1n) is 8.90. The summed E-state index contributed by atoms with van der Waals surface area (Å²) in [6, 6.07) is 15.9. The van der Waals surface area contributed by atoms with E-state index < -0.39 is 0 Å². The van der Waals surface area contributed by atoms with Gasteiger partial charge in [-0.3, -0.25) is 0 Å². The molecule has 4 rings (SSSR count). The van der Waals surface area contributed by atoms with Crippen LogP contribution in [0.5, 0.6) is 17.4 Å². The van der Waals surface area contributed by atoms with Crippen LogP contribution in [-0.2, 0) is 0 Å². The highest BCUT2D eigenvalue weighted by Gasteiger charge is 2.28. The van der Waals surface area contributed by atoms with Crippen molar-refractivity contribution in [2.24, 2.45) is 0 Å². The molecule has 2 aromatic carbocycles. The van der Waals surface area contributed by atoms with Crippen molar-refractivity contribution in [3.8, 4) is 17.4 Å². The van der Waals surface area contributed by atoms with E-state index >= 15 is 0 Å². The molecule has 1 fully saturated rings. The number of halogens is 1. The van der Waals surface area contributed by atoms with Gasteiger partial charge in [0.05, 0.1) is 13.2 Å². The lowest BCUT2D eigenvalue weighted by Crippen LogP contribution is -2.24. The SMILES string of the molecule is COc1cccc(C2CCCN2c2nccc(Oc3ccc(F)cc3)n2)c1. The summed E-state index contributed by atoms with van der Waals surface area (Å²) in [6.45, 7) is 0.877. The Morgan fingerprint density at radius 3 is 2.74 bits per heavy atom. The molecule has 1 unspecified atom stereocenters. The van der Waals surface area contributed by atoms with E-state index in [1.165, 1.54) is 17.7 Å². The standard InChI is InChI=1S/C21H20FN3O2/c1-26-18-5-2-4-15(14-18)19-6-3-13-25(19)21-23-12-11-20(24-21)27-17-9-7-16(22)8-10-17/h2,4-5,7-12,14,19H,3,6,13H2,1H3. The van der Waals surface area contributed by atoms with Gasteiger partial charge in [0.15, 0.2) is 0 Å². The third-order valence-electron chi connectivity index (χ3n) is 4.64. The van der Waals surface area contributed by atoms with Crippen LogP contribution in [0.25, 0.3) is 0 Å². The second-order valence-electron chi connectivity index (χ2n) is 6.38. The van der Waals surface area contributed by atoms with E-state index in [1.54, 1.807) is 31.5 Å². The number of anilines is 1. The van der Waals surface area contributed by atoms with E-state index in [-0.39, 0.29) is 11.9 Å². The van der Waals surface area contributed by atoms with Gasteiger partial charge in [-0.25, -0.2) is 9.37 Å². The lowest BCUT2D eigenvalue weighted by molar-refractivity contribution is 0.413. The predicted molar refractivity (Wildman–Crippen MR) is 101 cm³/mol. The van der Waals surface area contributed by atoms with Gasteiger partial charge in [-0.05, 0) is 54.8 Å². The summed E-state index contributed by atoms with van der Waals surface area (Å²) < 4.78 is 24.2. The molecule has 0 spiro atoms. The molecule has 2 heterocycles. The molecule has 6 heteroatoms. The first kappa shape index (κ1) is 17.3. The second kappa shape index (κ2) is 7.61. The van der Waals surface area contributed by atoms with Gasteiger partial charge >= 0.3 is 0 Å². The van der Waals surface area contributed by atoms with Gasteiger partial charge in [-0.1, -0.05) is 12.1 Å². The fourth-order valence-corrected chi connectivity index (χ4v) is 3.35. The molecule has 0 radical (unpaired) electrons. The quantitative estimate of drug-likeness (QED) is 0.652. The Morgan fingerprint density at radius 2 is 1.93 bits per heavy atom. The molecule has 5 nitrogen and oxygen atoms in total. The third-order valence-corrected chi connectivity index (χ3v) is 4.64. The van der Waals surface area contributed by atoms with Crippen LogP contribution in [0.1, 0.15) is 24.4 Å². The van der Waals surface area contributed by atoms with Gasteiger partial charge in [0.1, 0.15) is 17.3 Å². The monoisotopic (exact) mass is 365 g/mol. The van der Waals surface area contributed by atoms with Crippen molar-refractivity contribution >= 4 is 5.95 Å². The van der Waals surface area contributed by atoms with Crippen LogP contribution in [0.15, 0.2) is 60.8 Å². The van der Waals surface area contributed by atoms with Crippen LogP contribution >= 0.6 is 0 Å². The normalized spacial score (nSPS) is 16.4. The maximum absolute atomic E-state index is 13.1. The van der Waals surface area contributed by atoms with Crippen LogP contribution in [0, 0.1) is 5.82 Å². The van der Waals surface area contributed by atoms with Gasteiger partial charge in [-0.2, -0.15) is 4.98 Å². The number of rotatable bonds is 5. The minimum atomic E-state index is -0.302. The van der Waals surface area contributed by atoms with Crippen LogP contribution < -0.4 is 14.4 Å². The highest BCUT2D eigenvalue weighted by atomic mass is 19.1. The van der Waals surface area contributed by atoms with Gasteiger partial charge < -0.3 is 14.4 Å². The third kappa shape index (κ3) is 3.84. The molecule has 0 aliphatic carbocycles. The lowest BCUT2D eigenvalue weighted by Gasteiger charge is -2.25. The first-order chi connectivity index (χ1) is 13.2. The number of ether oxygens (including phenoxy) is 2. The van der Waals surface area contributed by atoms with E-state index in [9.17, 15) is 4.39 Å². The van der Waals surface area contributed by atoms with Crippen molar-refractivity contribution in [2.45, 2.75) is 18.9 Å². The first-order valence-corrected chi connectivity index (χ1v) is 8.90. The molecule has 1 aromatic heterocycles. The Hall–Kier alpha value is -3.15. The van der Waals surface area contributed by atoms with Crippen molar-refractivity contribution in [3.05, 3.63) is 72.2 Å². The van der Waals surface area contributed by atoms with Crippen molar-refractivity contribution in [1.82, 2.24) is 9.97 Å². The smallest absolute Gasteiger partial charge is 0.229 e. The summed E-state index contributed by atoms with van der Waals surface area (Å²) in [5.74, 6) is 2.13. The zero-order valence-corrected chi connectivity index (χ0v) is 15.0. The number of nitrogens with zero attached hydrogens (tertiary/aromatic N) is 3. The minimum absolute atomic E-state index is 0.196. The Bertz CT molecular complexity index is 917. The van der Waals surface area contributed by atoms with Crippen molar-refractivity contribution in [3.63, 3.8) is 0 Å². The molecule has 0 bridgehead atoms. The highest BCUT2D eigenvalue weighted by molar-refractivity contribution is 5.42. The van der Waals surface area contributed by atoms with E-state index in [4.69, 9.17) is 9.47 Å². The maximum Gasteiger partial charge on any atom is 0.229 e. The Balaban J connectivity index is 1.57. The van der Waals surface area contributed by atoms with E-state index in [0.717, 1.165) is 25.1 Å². The van der Waals surface area contributed by atoms with Gasteiger partial charge in [0, 0.05) is 18.8 Å². The maximum atomic E-state index is 13.1. The molecule has 0 N–H and O–H groups in total. The minimum Gasteiger partial charge on any atom is -0.497 e. The van der Waals surface area contributed by atoms with Crippen molar-refractivity contribution < 1.29 is 13.9 Å². The van der Waals surface area contributed by atoms with Crippen LogP contribution in [0.4, 0.5) is 10.3 Å². The summed E-state index contributed by atoms with van der Waals surface area (Å²) in [7, 11) is 1.67. The number of methoxy groups -OCH3 is 1. The average molecular weight is 365 g/mol. The summed E-state index contributed by atoms with van der Waals surface area (Å²) in [5, 5.41) is 0. The Kier molecular flexibility index (Phi) is 4.87. The molecule has 0 saturated carbocycles. The topological polar surface area (TPSA) is 47.5 Å². The molecule has 1 aliphatic rings. The van der Waals surface area contributed by atoms with Gasteiger partial charge in [0.2, 0.25) is 11.8 Å². The number of aromatic nitrogens is 2. The number of hydrogen-bond acceptors (Lipinski definition) is 5. The lowest BCUT2D eigenvalue weighted by atomic mass is 10.0. The molecule has 3 aromatic rings. The molecule has 1 aliphatic heterocycles. The Labute approximate surface area is 157 Å². The molecule has 1 atom stereocenters. The molecular formula is C21H20FN3O2. The van der Waals surface area contributed by atoms with E-state index in [1.807, 2.05) is 12.1 Å². The zero-order valence-electron chi connectivity index (χ0n) is 15.0. The highest BCUT2D eigenvalue weighted by Crippen LogP contribution is 2.36. The Morgan fingerprint density at radius 1 is 1.07 bits per heavy atom. The zero-order chi connectivity index (χ0) is 18.6. The van der Waals surface area contributed by atoms with E-state index in [2.05, 4.69) is 27.0 Å². The summed E-state index contributed by atoms with van der Waals surface area (Å²) in [5.41, 5.74) is 1.18. The summed E-state index contributed by atoms with van der Waals surface area (Å²) >= 11 is 0. The fraction of sp³-hybridized carbons (Fsp3) is 0.238. The van der Waals surface area contributed by atoms with Gasteiger partial charge in [0.25, 0.3) is 0 Å². The van der Waals surface area contributed by atoms with Crippen molar-refractivity contribution in [1.29, 1.82) is 0 Å². The predicted octanol–water partition coefficient (Wildman–Crippen LogP) is 4.76. The molecule has 0 amide bonds. The van der Waals surface area contributed by atoms with Gasteiger partial charge in [-0.15, -0.1) is 0 Å². The van der Waals surface area contributed by atoms with Crippen LogP contribution in [0.2, 0.25) is 0 Å². The average Bonchev–Trinajstić information content (AvgIpc) is 3.20. The molecule has 138 valence electrons. The largest absolute Gasteiger partial charge is 0.497 e. The van der Waals surface area contributed by atoms with Crippen LogP contribution in [-0.4, -0.2) is 23.6 Å². The van der Waals surface area contributed by atoms with Crippen LogP contribution in [0.3, 0.4) is 0 Å². The molecule has 1 saturated heterocycles. The molecule has 27 heavy (non-hydrogen) atoms. The fourth-order valence-electron chi connectivity index (χ4n) is 3.35. The summed E-state index contributed by atoms with van der Waals surface area (Å²) in [4.78, 5) is 11.2. The number of hydrogen-bond donors (Lipinski definition) is 0. The molecular weight excluding hydrogens is 345 g/mol. The second-order valence-corrected chi connectivity index (χ2v) is 6.38. The van der Waals surface area contributed by atoms with E-state index in [0.29, 0.717) is 17.6 Å². The summed E-state index contributed by atoms with van der Waals surface area (Å²) in [6.07, 6.45) is 3.77. The number of benzene rings is 2. The van der Waals surface area contributed by atoms with Crippen molar-refractivity contribution in [2.75, 3.05) is 18.6 Å².